The molecule has 0 aliphatic rings. The molecule has 4 nitrogen and oxygen atoms in total. The molecule has 0 spiro atoms. The Morgan fingerprint density at radius 1 is 0.455 bits per heavy atom. The standard InChI is InChI=1S/C18H16N4/c1-3-7-15(8-4-1)19-21-17-11-13-18(14-12-17)22-20-16-9-5-2-6-10-16/h1-14,19,21H/b22-20-. The lowest BCUT2D eigenvalue weighted by atomic mass is 10.3. The predicted molar refractivity (Wildman–Crippen MR) is 90.7 cm³/mol. The van der Waals surface area contributed by atoms with Gasteiger partial charge in [0, 0.05) is 0 Å². The smallest absolute Gasteiger partial charge is 0.0858 e. The summed E-state index contributed by atoms with van der Waals surface area (Å²) in [4.78, 5) is 0. The van der Waals surface area contributed by atoms with Crippen LogP contribution in [-0.4, -0.2) is 0 Å². The molecule has 108 valence electrons. The first-order valence-corrected chi connectivity index (χ1v) is 7.04. The van der Waals surface area contributed by atoms with E-state index in [1.807, 2.05) is 84.9 Å². The lowest BCUT2D eigenvalue weighted by molar-refractivity contribution is 1.23. The first kappa shape index (κ1) is 13.8. The highest BCUT2D eigenvalue weighted by Gasteiger charge is 1.94. The van der Waals surface area contributed by atoms with Gasteiger partial charge in [0.1, 0.15) is 0 Å². The number of nitrogens with zero attached hydrogens (tertiary/aromatic N) is 2. The second-order valence-electron chi connectivity index (χ2n) is 4.70. The highest BCUT2D eigenvalue weighted by atomic mass is 15.4. The molecule has 0 aromatic heterocycles. The van der Waals surface area contributed by atoms with Gasteiger partial charge in [-0.2, -0.15) is 10.2 Å². The van der Waals surface area contributed by atoms with E-state index in [9.17, 15) is 0 Å². The Morgan fingerprint density at radius 2 is 0.909 bits per heavy atom. The molecule has 0 saturated carbocycles. The second kappa shape index (κ2) is 7.04. The average Bonchev–Trinajstić information content (AvgIpc) is 2.61. The molecular formula is C18H16N4. The van der Waals surface area contributed by atoms with E-state index in [1.54, 1.807) is 0 Å². The van der Waals surface area contributed by atoms with Crippen molar-refractivity contribution in [2.24, 2.45) is 10.2 Å². The molecule has 4 heteroatoms. The molecule has 3 rings (SSSR count). The van der Waals surface area contributed by atoms with Crippen LogP contribution in [0.4, 0.5) is 22.7 Å². The van der Waals surface area contributed by atoms with Crippen molar-refractivity contribution in [3.8, 4) is 0 Å². The predicted octanol–water partition coefficient (Wildman–Crippen LogP) is 5.54. The lowest BCUT2D eigenvalue weighted by Gasteiger charge is -2.09. The van der Waals surface area contributed by atoms with Crippen LogP contribution in [-0.2, 0) is 0 Å². The zero-order valence-electron chi connectivity index (χ0n) is 12.0. The van der Waals surface area contributed by atoms with Crippen molar-refractivity contribution in [3.63, 3.8) is 0 Å². The number of hydrazine groups is 1. The number of azo groups is 1. The van der Waals surface area contributed by atoms with Crippen LogP contribution < -0.4 is 10.9 Å². The van der Waals surface area contributed by atoms with Gasteiger partial charge >= 0.3 is 0 Å². The molecule has 3 aromatic carbocycles. The molecule has 2 N–H and O–H groups in total. The number of hydrogen-bond acceptors (Lipinski definition) is 4. The summed E-state index contributed by atoms with van der Waals surface area (Å²) >= 11 is 0. The van der Waals surface area contributed by atoms with Crippen LogP contribution in [0.2, 0.25) is 0 Å². The molecule has 0 heterocycles. The molecular weight excluding hydrogens is 272 g/mol. The third-order valence-corrected chi connectivity index (χ3v) is 3.03. The van der Waals surface area contributed by atoms with E-state index in [-0.39, 0.29) is 0 Å². The summed E-state index contributed by atoms with van der Waals surface area (Å²) in [6.07, 6.45) is 0. The van der Waals surface area contributed by atoms with Gasteiger partial charge in [-0.15, -0.1) is 0 Å². The third-order valence-electron chi connectivity index (χ3n) is 3.03. The van der Waals surface area contributed by atoms with Crippen LogP contribution in [0.5, 0.6) is 0 Å². The van der Waals surface area contributed by atoms with E-state index in [2.05, 4.69) is 21.1 Å². The number of benzene rings is 3. The Balaban J connectivity index is 1.59. The minimum atomic E-state index is 0.814. The van der Waals surface area contributed by atoms with E-state index < -0.39 is 0 Å². The molecule has 3 aromatic rings. The first-order valence-electron chi connectivity index (χ1n) is 7.04. The quantitative estimate of drug-likeness (QED) is 0.478. The highest BCUT2D eigenvalue weighted by molar-refractivity contribution is 5.55. The average molecular weight is 288 g/mol. The lowest BCUT2D eigenvalue weighted by Crippen LogP contribution is -2.07. The van der Waals surface area contributed by atoms with Gasteiger partial charge in [0.05, 0.1) is 22.7 Å². The number of hydrogen-bond donors (Lipinski definition) is 2. The van der Waals surface area contributed by atoms with E-state index >= 15 is 0 Å². The molecule has 22 heavy (non-hydrogen) atoms. The Hall–Kier alpha value is -3.14. The SMILES string of the molecule is c1ccc(/N=N\c2ccc(NNc3ccccc3)cc2)cc1. The van der Waals surface area contributed by atoms with Crippen LogP contribution in [0.3, 0.4) is 0 Å². The minimum Gasteiger partial charge on any atom is -0.301 e. The summed E-state index contributed by atoms with van der Waals surface area (Å²) in [5.41, 5.74) is 9.90. The summed E-state index contributed by atoms with van der Waals surface area (Å²) in [6, 6.07) is 27.4. The van der Waals surface area contributed by atoms with Crippen LogP contribution in [0.25, 0.3) is 0 Å². The van der Waals surface area contributed by atoms with Gasteiger partial charge in [-0.05, 0) is 48.5 Å². The van der Waals surface area contributed by atoms with Crippen molar-refractivity contribution in [2.45, 2.75) is 0 Å². The number of anilines is 2. The molecule has 0 aliphatic heterocycles. The molecule has 0 bridgehead atoms. The van der Waals surface area contributed by atoms with Crippen molar-refractivity contribution in [2.75, 3.05) is 10.9 Å². The van der Waals surface area contributed by atoms with Crippen LogP contribution in [0, 0.1) is 0 Å². The van der Waals surface area contributed by atoms with Gasteiger partial charge in [0.25, 0.3) is 0 Å². The van der Waals surface area contributed by atoms with Gasteiger partial charge in [-0.3, -0.25) is 0 Å². The summed E-state index contributed by atoms with van der Waals surface area (Å²) in [5.74, 6) is 0. The second-order valence-corrected chi connectivity index (χ2v) is 4.70. The van der Waals surface area contributed by atoms with Gasteiger partial charge in [0.2, 0.25) is 0 Å². The van der Waals surface area contributed by atoms with Crippen LogP contribution in [0.1, 0.15) is 0 Å². The fraction of sp³-hybridized carbons (Fsp3) is 0. The minimum absolute atomic E-state index is 0.814. The molecule has 0 fully saturated rings. The molecule has 0 atom stereocenters. The fourth-order valence-corrected chi connectivity index (χ4v) is 1.89. The van der Waals surface area contributed by atoms with E-state index in [1.165, 1.54) is 0 Å². The third kappa shape index (κ3) is 3.93. The maximum atomic E-state index is 4.21. The normalized spacial score (nSPS) is 10.5. The summed E-state index contributed by atoms with van der Waals surface area (Å²) in [6.45, 7) is 0. The summed E-state index contributed by atoms with van der Waals surface area (Å²) < 4.78 is 0. The highest BCUT2D eigenvalue weighted by Crippen LogP contribution is 2.20. The van der Waals surface area contributed by atoms with E-state index in [0.717, 1.165) is 22.7 Å². The van der Waals surface area contributed by atoms with Crippen molar-refractivity contribution < 1.29 is 0 Å². The van der Waals surface area contributed by atoms with E-state index in [4.69, 9.17) is 0 Å². The Morgan fingerprint density at radius 3 is 1.50 bits per heavy atom. The summed E-state index contributed by atoms with van der Waals surface area (Å²) in [7, 11) is 0. The maximum Gasteiger partial charge on any atom is 0.0858 e. The van der Waals surface area contributed by atoms with Crippen molar-refractivity contribution in [1.82, 2.24) is 0 Å². The summed E-state index contributed by atoms with van der Waals surface area (Å²) in [5, 5.41) is 8.40. The molecule has 0 radical (unpaired) electrons. The van der Waals surface area contributed by atoms with E-state index in [0.29, 0.717) is 0 Å². The van der Waals surface area contributed by atoms with Crippen molar-refractivity contribution in [3.05, 3.63) is 84.9 Å². The van der Waals surface area contributed by atoms with Crippen molar-refractivity contribution >= 4 is 22.7 Å². The molecule has 0 saturated heterocycles. The van der Waals surface area contributed by atoms with Crippen molar-refractivity contribution in [1.29, 1.82) is 0 Å². The number of para-hydroxylation sites is 1. The topological polar surface area (TPSA) is 48.8 Å². The van der Waals surface area contributed by atoms with Crippen LogP contribution >= 0.6 is 0 Å². The molecule has 0 aliphatic carbocycles. The largest absolute Gasteiger partial charge is 0.301 e. The Bertz CT molecular complexity index is 722. The zero-order valence-corrected chi connectivity index (χ0v) is 12.0. The maximum absolute atomic E-state index is 4.21. The fourth-order valence-electron chi connectivity index (χ4n) is 1.89. The Kier molecular flexibility index (Phi) is 4.42. The number of rotatable bonds is 5. The van der Waals surface area contributed by atoms with Crippen LogP contribution in [0.15, 0.2) is 95.2 Å². The molecule has 0 unspecified atom stereocenters. The number of nitrogens with one attached hydrogen (secondary N) is 2. The zero-order chi connectivity index (χ0) is 15.0. The van der Waals surface area contributed by atoms with Gasteiger partial charge in [-0.1, -0.05) is 36.4 Å². The monoisotopic (exact) mass is 288 g/mol. The Labute approximate surface area is 129 Å². The van der Waals surface area contributed by atoms with Gasteiger partial charge in [-0.25, -0.2) is 0 Å². The van der Waals surface area contributed by atoms with Gasteiger partial charge in [0.15, 0.2) is 0 Å². The van der Waals surface area contributed by atoms with Gasteiger partial charge < -0.3 is 10.9 Å². The molecule has 0 amide bonds. The first-order chi connectivity index (χ1) is 10.9.